The number of ether oxygens (including phenoxy) is 7. The number of rotatable bonds is 33. The molecule has 18 nitrogen and oxygen atoms in total. The molecule has 1 aliphatic rings. The molecule has 0 saturated heterocycles. The molecule has 0 bridgehead atoms. The third-order valence-electron chi connectivity index (χ3n) is 7.68. The van der Waals surface area contributed by atoms with Crippen molar-refractivity contribution in [1.29, 1.82) is 0 Å². The number of hydrogen-bond donors (Lipinski definition) is 5. The molecular weight excluding hydrogens is 696 g/mol. The maximum absolute atomic E-state index is 13.4. The number of nitrogens with one attached hydrogen (secondary N) is 3. The van der Waals surface area contributed by atoms with Gasteiger partial charge in [0.05, 0.1) is 97.0 Å². The smallest absolute Gasteiger partial charge is 0.264 e. The van der Waals surface area contributed by atoms with Gasteiger partial charge in [0.25, 0.3) is 11.8 Å². The maximum atomic E-state index is 13.4. The molecule has 300 valence electrons. The molecule has 5 amide bonds. The Bertz CT molecular complexity index is 1230. The van der Waals surface area contributed by atoms with Crippen molar-refractivity contribution in [3.8, 4) is 0 Å². The first-order chi connectivity index (χ1) is 25.7. The lowest BCUT2D eigenvalue weighted by molar-refractivity contribution is -0.129. The van der Waals surface area contributed by atoms with Crippen LogP contribution >= 0.6 is 0 Å². The number of benzene rings is 1. The van der Waals surface area contributed by atoms with E-state index in [1.165, 1.54) is 6.07 Å². The summed E-state index contributed by atoms with van der Waals surface area (Å²) >= 11 is 0. The van der Waals surface area contributed by atoms with Crippen LogP contribution in [0.4, 0.5) is 5.69 Å². The van der Waals surface area contributed by atoms with Gasteiger partial charge in [-0.15, -0.1) is 0 Å². The number of fused-ring (bicyclic) bond motifs is 1. The monoisotopic (exact) mass is 754 g/mol. The van der Waals surface area contributed by atoms with Crippen LogP contribution in [0.2, 0.25) is 0 Å². The predicted molar refractivity (Wildman–Crippen MR) is 193 cm³/mol. The van der Waals surface area contributed by atoms with E-state index in [9.17, 15) is 24.0 Å². The van der Waals surface area contributed by atoms with Gasteiger partial charge in [-0.25, -0.2) is 0 Å². The third-order valence-corrected chi connectivity index (χ3v) is 7.68. The summed E-state index contributed by atoms with van der Waals surface area (Å²) < 4.78 is 39.0. The van der Waals surface area contributed by atoms with E-state index in [4.69, 9.17) is 44.6 Å². The fraction of sp³-hybridized carbons (Fsp3) is 0.686. The van der Waals surface area contributed by atoms with E-state index in [-0.39, 0.29) is 56.2 Å². The molecule has 7 N–H and O–H groups in total. The number of carbonyl (C=O) groups excluding carboxylic acids is 5. The molecule has 1 heterocycles. The molecule has 1 aliphatic heterocycles. The number of nitrogens with zero attached hydrogens (tertiary/aromatic N) is 1. The van der Waals surface area contributed by atoms with E-state index in [0.717, 1.165) is 4.90 Å². The van der Waals surface area contributed by atoms with Crippen molar-refractivity contribution < 1.29 is 57.1 Å². The van der Waals surface area contributed by atoms with Crippen LogP contribution in [0.15, 0.2) is 18.2 Å². The summed E-state index contributed by atoms with van der Waals surface area (Å²) in [5, 5.41) is 7.90. The number of imide groups is 2. The second kappa shape index (κ2) is 27.1. The van der Waals surface area contributed by atoms with Crippen LogP contribution < -0.4 is 27.4 Å². The third kappa shape index (κ3) is 17.0. The average molecular weight is 755 g/mol. The van der Waals surface area contributed by atoms with E-state index in [1.54, 1.807) is 19.1 Å². The van der Waals surface area contributed by atoms with Crippen molar-refractivity contribution in [1.82, 2.24) is 15.5 Å². The Balaban J connectivity index is 1.82. The van der Waals surface area contributed by atoms with Crippen LogP contribution in [-0.4, -0.2) is 160 Å². The van der Waals surface area contributed by atoms with E-state index in [0.29, 0.717) is 104 Å². The molecule has 0 fully saturated rings. The minimum absolute atomic E-state index is 0.127. The summed E-state index contributed by atoms with van der Waals surface area (Å²) in [4.78, 5) is 63.4. The summed E-state index contributed by atoms with van der Waals surface area (Å²) in [5.41, 5.74) is 10.9. The highest BCUT2D eigenvalue weighted by Crippen LogP contribution is 2.31. The Hall–Kier alpha value is -3.59. The molecule has 0 saturated carbocycles. The average Bonchev–Trinajstić information content (AvgIpc) is 3.40. The summed E-state index contributed by atoms with van der Waals surface area (Å²) in [5.74, 6) is -2.34. The van der Waals surface area contributed by atoms with Crippen molar-refractivity contribution in [2.24, 2.45) is 16.9 Å². The highest BCUT2D eigenvalue weighted by atomic mass is 16.6. The molecule has 18 heteroatoms. The molecule has 1 atom stereocenters. The van der Waals surface area contributed by atoms with E-state index >= 15 is 0 Å². The highest BCUT2D eigenvalue weighted by Gasteiger charge is 2.43. The number of amides is 5. The van der Waals surface area contributed by atoms with Gasteiger partial charge in [-0.1, -0.05) is 26.3 Å². The molecule has 0 aromatic heterocycles. The molecule has 2 rings (SSSR count). The first-order valence-electron chi connectivity index (χ1n) is 17.9. The molecule has 0 radical (unpaired) electrons. The summed E-state index contributed by atoms with van der Waals surface area (Å²) in [6.07, 6.45) is 0.928. The first-order valence-corrected chi connectivity index (χ1v) is 17.9. The molecule has 0 aliphatic carbocycles. The largest absolute Gasteiger partial charge is 0.383 e. The Labute approximate surface area is 311 Å². The van der Waals surface area contributed by atoms with Gasteiger partial charge in [0.1, 0.15) is 12.6 Å². The molecule has 0 spiro atoms. The quantitative estimate of drug-likeness (QED) is 0.0338. The zero-order valence-corrected chi connectivity index (χ0v) is 31.0. The topological polar surface area (TPSA) is 241 Å². The van der Waals surface area contributed by atoms with Gasteiger partial charge in [-0.05, 0) is 18.6 Å². The lowest BCUT2D eigenvalue weighted by atomic mass is 9.94. The zero-order valence-electron chi connectivity index (χ0n) is 31.0. The number of anilines is 1. The lowest BCUT2D eigenvalue weighted by Gasteiger charge is -2.29. The van der Waals surface area contributed by atoms with Crippen LogP contribution in [0, 0.1) is 5.41 Å². The van der Waals surface area contributed by atoms with Gasteiger partial charge in [0, 0.05) is 37.3 Å². The van der Waals surface area contributed by atoms with Crippen LogP contribution in [-0.2, 0) is 47.5 Å². The van der Waals surface area contributed by atoms with Gasteiger partial charge in [-0.3, -0.25) is 34.2 Å². The van der Waals surface area contributed by atoms with E-state index in [2.05, 4.69) is 10.6 Å². The van der Waals surface area contributed by atoms with Crippen molar-refractivity contribution in [3.05, 3.63) is 29.3 Å². The molecule has 1 aromatic carbocycles. The molecule has 1 unspecified atom stereocenters. The molecule has 53 heavy (non-hydrogen) atoms. The first kappa shape index (κ1) is 45.6. The summed E-state index contributed by atoms with van der Waals surface area (Å²) in [7, 11) is 0. The highest BCUT2D eigenvalue weighted by molar-refractivity contribution is 6.25. The Morgan fingerprint density at radius 2 is 1.34 bits per heavy atom. The van der Waals surface area contributed by atoms with Crippen LogP contribution in [0.25, 0.3) is 0 Å². The van der Waals surface area contributed by atoms with Gasteiger partial charge >= 0.3 is 0 Å². The SMILES string of the molecule is CCCC(C(=O)NC=O)N1C(=O)c2cccc(NCCNC(=O)COCC(C)(COCCOCCOCCN)COCCOCCOCCN)c2C1=O. The van der Waals surface area contributed by atoms with Gasteiger partial charge in [-0.2, -0.15) is 0 Å². The Kier molecular flexibility index (Phi) is 23.3. The molecular formula is C35H58N6O12. The minimum atomic E-state index is -1.12. The maximum Gasteiger partial charge on any atom is 0.264 e. The van der Waals surface area contributed by atoms with Crippen molar-refractivity contribution in [3.63, 3.8) is 0 Å². The van der Waals surface area contributed by atoms with E-state index in [1.807, 2.05) is 12.2 Å². The van der Waals surface area contributed by atoms with Crippen LogP contribution in [0.5, 0.6) is 0 Å². The fourth-order valence-electron chi connectivity index (χ4n) is 5.19. The van der Waals surface area contributed by atoms with Crippen molar-refractivity contribution in [2.75, 3.05) is 124 Å². The second-order valence-corrected chi connectivity index (χ2v) is 12.4. The number of hydrogen-bond acceptors (Lipinski definition) is 15. The number of nitrogens with two attached hydrogens (primary N) is 2. The van der Waals surface area contributed by atoms with E-state index < -0.39 is 29.2 Å². The standard InChI is InChI=1S/C35H58N6O12/c1-3-5-29(32(44)40-26-42)41-33(45)27-6-4-7-28(31(27)34(41)46)38-10-11-39-30(43)22-53-25-35(2,23-51-20-18-49-16-14-47-12-8-36)24-52-21-19-50-17-15-48-13-9-37/h4,6-7,26,29,38H,3,5,8-25,36-37H2,1-2H3,(H,39,43)(H,40,42,44). The normalized spacial score (nSPS) is 13.2. The van der Waals surface area contributed by atoms with Crippen LogP contribution in [0.1, 0.15) is 47.4 Å². The Morgan fingerprint density at radius 3 is 1.89 bits per heavy atom. The summed E-state index contributed by atoms with van der Waals surface area (Å²) in [6.45, 7) is 9.81. The fourth-order valence-corrected chi connectivity index (χ4v) is 5.19. The van der Waals surface area contributed by atoms with Gasteiger partial charge in [0.2, 0.25) is 18.2 Å². The molecule has 1 aromatic rings. The van der Waals surface area contributed by atoms with Crippen molar-refractivity contribution in [2.45, 2.75) is 32.7 Å². The lowest BCUT2D eigenvalue weighted by Crippen LogP contribution is -2.49. The zero-order chi connectivity index (χ0) is 38.7. The second-order valence-electron chi connectivity index (χ2n) is 12.4. The van der Waals surface area contributed by atoms with Crippen molar-refractivity contribution >= 4 is 35.7 Å². The Morgan fingerprint density at radius 1 is 0.792 bits per heavy atom. The summed E-state index contributed by atoms with van der Waals surface area (Å²) in [6, 6.07) is 3.64. The predicted octanol–water partition coefficient (Wildman–Crippen LogP) is -0.708. The van der Waals surface area contributed by atoms with Gasteiger partial charge < -0.3 is 55.3 Å². The van der Waals surface area contributed by atoms with Crippen LogP contribution in [0.3, 0.4) is 0 Å². The minimum Gasteiger partial charge on any atom is -0.383 e. The number of carbonyl (C=O) groups is 5. The van der Waals surface area contributed by atoms with Gasteiger partial charge in [0.15, 0.2) is 0 Å².